The standard InChI is InChI=1S/H3O4P.Tm/c1-5(2,3)4;/h(H3,1,2,3,4);/q;+3/p-3. The smallest absolute Gasteiger partial charge is 0.822 e. The molecule has 0 aliphatic carbocycles. The molecule has 6 heavy (non-hydrogen) atoms. The van der Waals surface area contributed by atoms with Crippen LogP contribution < -0.4 is 14.7 Å². The van der Waals surface area contributed by atoms with Gasteiger partial charge in [0, 0.05) is 0 Å². The van der Waals surface area contributed by atoms with Gasteiger partial charge in [-0.15, -0.1) is 0 Å². The summed E-state index contributed by atoms with van der Waals surface area (Å²) in [4.78, 5) is 25.6. The first kappa shape index (κ1) is 10.3. The summed E-state index contributed by atoms with van der Waals surface area (Å²) in [5, 5.41) is 0. The molecule has 0 heterocycles. The Morgan fingerprint density at radius 3 is 1.17 bits per heavy atom. The van der Waals surface area contributed by atoms with E-state index in [2.05, 4.69) is 0 Å². The molecule has 0 bridgehead atoms. The third-order valence-electron chi connectivity index (χ3n) is 0. The van der Waals surface area contributed by atoms with Crippen LogP contribution in [0.1, 0.15) is 0 Å². The molecule has 0 fully saturated rings. The molecule has 0 saturated carbocycles. The van der Waals surface area contributed by atoms with E-state index in [9.17, 15) is 0 Å². The van der Waals surface area contributed by atoms with E-state index < -0.39 is 7.82 Å². The van der Waals surface area contributed by atoms with E-state index in [1.165, 1.54) is 0 Å². The molecule has 4 nitrogen and oxygen atoms in total. The predicted octanol–water partition coefficient (Wildman–Crippen LogP) is -2.82. The van der Waals surface area contributed by atoms with Crippen molar-refractivity contribution >= 4 is 7.82 Å². The van der Waals surface area contributed by atoms with E-state index in [1.807, 2.05) is 0 Å². The fourth-order valence-electron chi connectivity index (χ4n) is 0. The van der Waals surface area contributed by atoms with Crippen LogP contribution in [0.4, 0.5) is 0 Å². The van der Waals surface area contributed by atoms with Gasteiger partial charge in [0.25, 0.3) is 0 Å². The van der Waals surface area contributed by atoms with Crippen molar-refractivity contribution in [1.29, 1.82) is 0 Å². The van der Waals surface area contributed by atoms with Crippen LogP contribution in [-0.4, -0.2) is 0 Å². The van der Waals surface area contributed by atoms with Crippen LogP contribution in [0.5, 0.6) is 0 Å². The quantitative estimate of drug-likeness (QED) is 0.441. The fraction of sp³-hybridized carbons (Fsp3) is 0. The molecule has 0 N–H and O–H groups in total. The Balaban J connectivity index is 0. The molecule has 0 saturated heterocycles. The summed E-state index contributed by atoms with van der Waals surface area (Å²) >= 11 is 0. The molecular formula is O4PTm. The first-order chi connectivity index (χ1) is 2.00. The van der Waals surface area contributed by atoms with Crippen molar-refractivity contribution in [1.82, 2.24) is 0 Å². The minimum absolute atomic E-state index is 0. The summed E-state index contributed by atoms with van der Waals surface area (Å²) < 4.78 is 8.55. The van der Waals surface area contributed by atoms with Crippen molar-refractivity contribution in [2.75, 3.05) is 0 Å². The summed E-state index contributed by atoms with van der Waals surface area (Å²) in [7, 11) is -5.39. The Labute approximate surface area is 63.6 Å². The zero-order valence-corrected chi connectivity index (χ0v) is 5.03. The SMILES string of the molecule is O=P([O-])([O-])[O-].[Tm+3]. The van der Waals surface area contributed by atoms with E-state index in [0.717, 1.165) is 0 Å². The van der Waals surface area contributed by atoms with Crippen molar-refractivity contribution in [3.8, 4) is 0 Å². The van der Waals surface area contributed by atoms with E-state index in [4.69, 9.17) is 19.2 Å². The van der Waals surface area contributed by atoms with Gasteiger partial charge in [0.2, 0.25) is 0 Å². The van der Waals surface area contributed by atoms with Crippen molar-refractivity contribution in [2.45, 2.75) is 0 Å². The first-order valence-corrected chi connectivity index (χ1v) is 2.19. The molecule has 0 aromatic rings. The van der Waals surface area contributed by atoms with Gasteiger partial charge in [-0.05, 0) is 0 Å². The average molecular weight is 264 g/mol. The molecule has 0 amide bonds. The minimum atomic E-state index is -5.39. The van der Waals surface area contributed by atoms with Crippen LogP contribution in [0.25, 0.3) is 0 Å². The normalized spacial score (nSPS) is 9.83. The maximum atomic E-state index is 8.55. The third kappa shape index (κ3) is 55.8. The largest absolute Gasteiger partial charge is 3.00 e. The second kappa shape index (κ2) is 3.36. The molecule has 0 unspecified atom stereocenters. The molecule has 0 radical (unpaired) electrons. The van der Waals surface area contributed by atoms with Crippen LogP contribution in [0, 0.1) is 36.9 Å². The molecule has 0 aromatic heterocycles. The molecule has 0 rings (SSSR count). The average Bonchev–Trinajstić information content (AvgIpc) is 0.722. The minimum Gasteiger partial charge on any atom is -0.822 e. The van der Waals surface area contributed by atoms with Gasteiger partial charge in [0.05, 0.1) is 0 Å². The van der Waals surface area contributed by atoms with Gasteiger partial charge in [-0.1, -0.05) is 0 Å². The summed E-state index contributed by atoms with van der Waals surface area (Å²) in [6.07, 6.45) is 0. The Morgan fingerprint density at radius 1 is 1.17 bits per heavy atom. The van der Waals surface area contributed by atoms with Gasteiger partial charge < -0.3 is 19.2 Å². The van der Waals surface area contributed by atoms with Gasteiger partial charge >= 0.3 is 36.9 Å². The second-order valence-electron chi connectivity index (χ2n) is 0.447. The van der Waals surface area contributed by atoms with Crippen LogP contribution in [0.3, 0.4) is 0 Å². The zero-order valence-electron chi connectivity index (χ0n) is 2.36. The summed E-state index contributed by atoms with van der Waals surface area (Å²) in [5.74, 6) is 0. The van der Waals surface area contributed by atoms with Gasteiger partial charge in [-0.2, -0.15) is 7.82 Å². The van der Waals surface area contributed by atoms with Crippen molar-refractivity contribution in [3.05, 3.63) is 0 Å². The molecule has 0 aliphatic heterocycles. The van der Waals surface area contributed by atoms with Crippen LogP contribution in [-0.2, 0) is 4.57 Å². The van der Waals surface area contributed by atoms with Crippen molar-refractivity contribution < 1.29 is 56.1 Å². The topological polar surface area (TPSA) is 86.2 Å². The Bertz CT molecular complexity index is 53.7. The molecule has 0 aromatic carbocycles. The first-order valence-electron chi connectivity index (χ1n) is 0.730. The molecule has 0 spiro atoms. The Hall–Kier alpha value is 1.34. The maximum Gasteiger partial charge on any atom is 3.00 e. The van der Waals surface area contributed by atoms with Gasteiger partial charge in [-0.3, -0.25) is 0 Å². The second-order valence-corrected chi connectivity index (χ2v) is 1.34. The predicted molar refractivity (Wildman–Crippen MR) is 7.61 cm³/mol. The maximum absolute atomic E-state index is 8.55. The summed E-state index contributed by atoms with van der Waals surface area (Å²) in [5.41, 5.74) is 0. The zero-order chi connectivity index (χ0) is 4.50. The van der Waals surface area contributed by atoms with Gasteiger partial charge in [0.1, 0.15) is 0 Å². The molecule has 6 heteroatoms. The van der Waals surface area contributed by atoms with Gasteiger partial charge in [-0.25, -0.2) is 0 Å². The summed E-state index contributed by atoms with van der Waals surface area (Å²) in [6, 6.07) is 0. The van der Waals surface area contributed by atoms with Crippen molar-refractivity contribution in [2.24, 2.45) is 0 Å². The molecule has 42 valence electrons. The van der Waals surface area contributed by atoms with Crippen LogP contribution in [0.15, 0.2) is 0 Å². The van der Waals surface area contributed by atoms with Crippen LogP contribution >= 0.6 is 7.82 Å². The Morgan fingerprint density at radius 2 is 1.17 bits per heavy atom. The number of hydrogen-bond donors (Lipinski definition) is 0. The van der Waals surface area contributed by atoms with Crippen LogP contribution in [0.2, 0.25) is 0 Å². The van der Waals surface area contributed by atoms with E-state index in [0.29, 0.717) is 0 Å². The molecular weight excluding hydrogens is 264 g/mol. The van der Waals surface area contributed by atoms with E-state index >= 15 is 0 Å². The number of hydrogen-bond acceptors (Lipinski definition) is 4. The fourth-order valence-corrected chi connectivity index (χ4v) is 0. The third-order valence-corrected chi connectivity index (χ3v) is 0. The van der Waals surface area contributed by atoms with Crippen molar-refractivity contribution in [3.63, 3.8) is 0 Å². The van der Waals surface area contributed by atoms with Gasteiger partial charge in [0.15, 0.2) is 0 Å². The monoisotopic (exact) mass is 264 g/mol. The molecule has 0 aliphatic rings. The van der Waals surface area contributed by atoms with E-state index in [-0.39, 0.29) is 36.9 Å². The summed E-state index contributed by atoms with van der Waals surface area (Å²) in [6.45, 7) is 0. The number of rotatable bonds is 0. The molecule has 0 atom stereocenters. The number of phosphoric acid groups is 1. The van der Waals surface area contributed by atoms with E-state index in [1.54, 1.807) is 0 Å². The Kier molecular flexibility index (Phi) is 5.79.